The highest BCUT2D eigenvalue weighted by molar-refractivity contribution is 6.23. The van der Waals surface area contributed by atoms with Gasteiger partial charge in [-0.3, -0.25) is 9.59 Å². The van der Waals surface area contributed by atoms with Crippen LogP contribution in [0, 0.1) is 23.7 Å². The minimum Gasteiger partial charge on any atom is -0.497 e. The average Bonchev–Trinajstić information content (AvgIpc) is 3.70. The summed E-state index contributed by atoms with van der Waals surface area (Å²) in [6, 6.07) is 32.4. The maximum Gasteiger partial charge on any atom is 0.238 e. The Kier molecular flexibility index (Phi) is 6.70. The van der Waals surface area contributed by atoms with Crippen molar-refractivity contribution in [2.75, 3.05) is 19.1 Å². The highest BCUT2D eigenvalue weighted by Gasteiger charge is 2.62. The normalized spacial score (nSPS) is 22.0. The number of hydrogen-bond donors (Lipinski definition) is 0. The van der Waals surface area contributed by atoms with Crippen molar-refractivity contribution in [2.24, 2.45) is 33.9 Å². The van der Waals surface area contributed by atoms with Crippen LogP contribution >= 0.6 is 0 Å². The Balaban J connectivity index is 1.22. The summed E-state index contributed by atoms with van der Waals surface area (Å²) in [4.78, 5) is 29.3. The SMILES string of the molecule is COc1ccc(C(=C2[C@H]3C=C[C@H]2[C@@H]2C(=O)N(c4ccc(N=Nc5ccccc5)cc4)C(=O)[C@H]23)c2ccc(OC)cc2)cc1. The number of nitrogens with zero attached hydrogens (tertiary/aromatic N) is 3. The summed E-state index contributed by atoms with van der Waals surface area (Å²) in [5, 5.41) is 8.54. The van der Waals surface area contributed by atoms with Gasteiger partial charge in [-0.1, -0.05) is 54.6 Å². The number of ether oxygens (including phenoxy) is 2. The molecule has 0 aromatic heterocycles. The van der Waals surface area contributed by atoms with Crippen molar-refractivity contribution in [3.05, 3.63) is 132 Å². The Morgan fingerprint density at radius 3 is 1.53 bits per heavy atom. The predicted octanol–water partition coefficient (Wildman–Crippen LogP) is 7.54. The van der Waals surface area contributed by atoms with Crippen molar-refractivity contribution in [3.63, 3.8) is 0 Å². The summed E-state index contributed by atoms with van der Waals surface area (Å²) >= 11 is 0. The lowest BCUT2D eigenvalue weighted by atomic mass is 9.85. The van der Waals surface area contributed by atoms with Gasteiger partial charge >= 0.3 is 0 Å². The van der Waals surface area contributed by atoms with Crippen molar-refractivity contribution < 1.29 is 19.1 Å². The number of carbonyl (C=O) groups is 2. The highest BCUT2D eigenvalue weighted by atomic mass is 16.5. The standard InChI is InChI=1S/C36H29N3O4/c1-42-27-16-8-22(9-17-27)31(23-10-18-28(43-2)19-11-23)32-29-20-21-30(32)34-33(29)35(40)39(36(34)41)26-14-12-25(13-15-26)38-37-24-6-4-3-5-7-24/h3-21,29-30,33-34H,1-2H3/t29-,30-,33+,34+/m1/s1. The molecular formula is C36H29N3O4. The third kappa shape index (κ3) is 4.54. The third-order valence-corrected chi connectivity index (χ3v) is 8.61. The molecule has 7 nitrogen and oxygen atoms in total. The zero-order valence-corrected chi connectivity index (χ0v) is 23.8. The molecule has 2 amide bonds. The van der Waals surface area contributed by atoms with E-state index in [2.05, 4.69) is 22.4 Å². The van der Waals surface area contributed by atoms with Crippen LogP contribution < -0.4 is 14.4 Å². The fourth-order valence-corrected chi connectivity index (χ4v) is 6.64. The minimum atomic E-state index is -0.443. The van der Waals surface area contributed by atoms with E-state index in [1.807, 2.05) is 78.9 Å². The largest absolute Gasteiger partial charge is 0.497 e. The molecule has 212 valence electrons. The number of allylic oxidation sites excluding steroid dienone is 3. The fraction of sp³-hybridized carbons (Fsp3) is 0.167. The number of amides is 2. The number of carbonyl (C=O) groups excluding carboxylic acids is 2. The van der Waals surface area contributed by atoms with E-state index in [-0.39, 0.29) is 23.7 Å². The molecule has 7 rings (SSSR count). The Morgan fingerprint density at radius 1 is 0.605 bits per heavy atom. The van der Waals surface area contributed by atoms with Crippen LogP contribution in [0.3, 0.4) is 0 Å². The predicted molar refractivity (Wildman–Crippen MR) is 165 cm³/mol. The molecule has 7 heteroatoms. The lowest BCUT2D eigenvalue weighted by Crippen LogP contribution is -2.33. The van der Waals surface area contributed by atoms with E-state index >= 15 is 0 Å². The number of benzene rings is 4. The van der Waals surface area contributed by atoms with Crippen LogP contribution in [0.15, 0.2) is 131 Å². The van der Waals surface area contributed by atoms with Crippen LogP contribution in [0.5, 0.6) is 11.5 Å². The summed E-state index contributed by atoms with van der Waals surface area (Å²) in [5.41, 5.74) is 6.12. The van der Waals surface area contributed by atoms with Gasteiger partial charge in [0.25, 0.3) is 0 Å². The number of imide groups is 1. The zero-order chi connectivity index (χ0) is 29.5. The van der Waals surface area contributed by atoms with E-state index in [0.29, 0.717) is 11.4 Å². The summed E-state index contributed by atoms with van der Waals surface area (Å²) < 4.78 is 10.8. The highest BCUT2D eigenvalue weighted by Crippen LogP contribution is 2.59. The number of azo groups is 1. The average molecular weight is 568 g/mol. The third-order valence-electron chi connectivity index (χ3n) is 8.61. The first kappa shape index (κ1) is 26.6. The molecule has 2 bridgehead atoms. The van der Waals surface area contributed by atoms with Crippen LogP contribution in [-0.2, 0) is 9.59 Å². The lowest BCUT2D eigenvalue weighted by Gasteiger charge is -2.22. The van der Waals surface area contributed by atoms with Gasteiger partial charge in [0.05, 0.1) is 43.1 Å². The molecule has 4 atom stereocenters. The first-order chi connectivity index (χ1) is 21.1. The van der Waals surface area contributed by atoms with E-state index in [4.69, 9.17) is 9.47 Å². The van der Waals surface area contributed by atoms with E-state index < -0.39 is 11.8 Å². The first-order valence-corrected chi connectivity index (χ1v) is 14.2. The molecule has 1 saturated heterocycles. The van der Waals surface area contributed by atoms with Gasteiger partial charge in [0, 0.05) is 11.8 Å². The molecule has 4 aromatic carbocycles. The van der Waals surface area contributed by atoms with Gasteiger partial charge in [0.1, 0.15) is 11.5 Å². The van der Waals surface area contributed by atoms with Crippen molar-refractivity contribution in [3.8, 4) is 11.5 Å². The number of fused-ring (bicyclic) bond motifs is 5. The molecule has 1 saturated carbocycles. The van der Waals surface area contributed by atoms with Gasteiger partial charge in [-0.25, -0.2) is 4.90 Å². The number of methoxy groups -OCH3 is 2. The van der Waals surface area contributed by atoms with Crippen LogP contribution in [0.25, 0.3) is 5.57 Å². The van der Waals surface area contributed by atoms with Crippen molar-refractivity contribution >= 4 is 34.4 Å². The number of hydrogen-bond acceptors (Lipinski definition) is 6. The monoisotopic (exact) mass is 567 g/mol. The molecule has 3 aliphatic rings. The van der Waals surface area contributed by atoms with Crippen LogP contribution in [0.4, 0.5) is 17.1 Å². The molecule has 43 heavy (non-hydrogen) atoms. The Morgan fingerprint density at radius 2 is 1.07 bits per heavy atom. The van der Waals surface area contributed by atoms with Crippen molar-refractivity contribution in [1.29, 1.82) is 0 Å². The maximum absolute atomic E-state index is 14.0. The number of rotatable bonds is 7. The van der Waals surface area contributed by atoms with Crippen LogP contribution in [-0.4, -0.2) is 26.0 Å². The maximum atomic E-state index is 14.0. The Bertz CT molecular complexity index is 1690. The molecular weight excluding hydrogens is 538 g/mol. The van der Waals surface area contributed by atoms with Crippen molar-refractivity contribution in [1.82, 2.24) is 0 Å². The molecule has 2 aliphatic carbocycles. The van der Waals surface area contributed by atoms with E-state index in [1.165, 1.54) is 4.90 Å². The summed E-state index contributed by atoms with van der Waals surface area (Å²) in [6.45, 7) is 0. The fourth-order valence-electron chi connectivity index (χ4n) is 6.64. The molecule has 0 spiro atoms. The second kappa shape index (κ2) is 10.8. The summed E-state index contributed by atoms with van der Waals surface area (Å²) in [5.74, 6) is -0.0210. The molecule has 4 aromatic rings. The van der Waals surface area contributed by atoms with Gasteiger partial charge in [-0.05, 0) is 82.9 Å². The zero-order valence-electron chi connectivity index (χ0n) is 23.8. The van der Waals surface area contributed by atoms with E-state index in [1.54, 1.807) is 38.5 Å². The molecule has 2 fully saturated rings. The molecule has 1 aliphatic heterocycles. The topological polar surface area (TPSA) is 80.6 Å². The Labute approximate surface area is 249 Å². The second-order valence-corrected chi connectivity index (χ2v) is 10.8. The van der Waals surface area contributed by atoms with E-state index in [9.17, 15) is 9.59 Å². The van der Waals surface area contributed by atoms with Crippen LogP contribution in [0.2, 0.25) is 0 Å². The van der Waals surface area contributed by atoms with Gasteiger partial charge in [0.2, 0.25) is 11.8 Å². The van der Waals surface area contributed by atoms with Gasteiger partial charge in [-0.15, -0.1) is 0 Å². The molecule has 0 radical (unpaired) electrons. The molecule has 0 unspecified atom stereocenters. The Hall–Kier alpha value is -5.30. The van der Waals surface area contributed by atoms with Gasteiger partial charge < -0.3 is 9.47 Å². The van der Waals surface area contributed by atoms with E-state index in [0.717, 1.165) is 39.5 Å². The summed E-state index contributed by atoms with van der Waals surface area (Å²) in [7, 11) is 3.29. The second-order valence-electron chi connectivity index (χ2n) is 10.8. The number of anilines is 1. The smallest absolute Gasteiger partial charge is 0.238 e. The van der Waals surface area contributed by atoms with Gasteiger partial charge in [-0.2, -0.15) is 10.2 Å². The van der Waals surface area contributed by atoms with Gasteiger partial charge in [0.15, 0.2) is 0 Å². The molecule has 1 heterocycles. The summed E-state index contributed by atoms with van der Waals surface area (Å²) in [6.07, 6.45) is 4.21. The quantitative estimate of drug-likeness (QED) is 0.131. The van der Waals surface area contributed by atoms with Crippen molar-refractivity contribution in [2.45, 2.75) is 0 Å². The first-order valence-electron chi connectivity index (χ1n) is 14.2. The van der Waals surface area contributed by atoms with Crippen LogP contribution in [0.1, 0.15) is 11.1 Å². The molecule has 0 N–H and O–H groups in total. The minimum absolute atomic E-state index is 0.160. The lowest BCUT2D eigenvalue weighted by molar-refractivity contribution is -0.122.